The van der Waals surface area contributed by atoms with Gasteiger partial charge in [-0.3, -0.25) is 67.7 Å². The van der Waals surface area contributed by atoms with Gasteiger partial charge in [-0.05, 0) is 132 Å². The lowest BCUT2D eigenvalue weighted by Gasteiger charge is -2.33. The van der Waals surface area contributed by atoms with Crippen LogP contribution in [0, 0.1) is 11.8 Å². The van der Waals surface area contributed by atoms with Crippen LogP contribution in [0.3, 0.4) is 0 Å². The standard InChI is InChI=1S/C71H117ClN22O14/c1-41(2)35-49(87-59(98)48(21-11-31-82-71(78)79)86-64(103)55-23-13-33-93(55)66(105)46(73)19-9-29-80-69(74)75)60(99)91-53(40-95)62(101)90-52(38-83-45-17-7-4-8-18-45)61(100)85-47(20-10-30-81-70(76)77)58(97)84-39-57(96)92-32-12-22-54(92)63(102)88-50(36-42-15-5-3-6-16-42)67(106)94-34-14-24-56(94)65(104)89-51(68(107)108)37-43-25-27-44(72)28-26-43/h25-28,41-42,45-56,83,95H,3-24,29-40,73H2,1-2H3,(H,84,97)(H,85,100)(H,86,103)(H,87,98)(H,88,102)(H,89,104)(H,90,101)(H,91,99)(H,107,108)(H4,74,75,80)(H4,76,77,81)(H4,78,79,82)/t46-,47-,48-,49-,50-,51-,52-,53-,54-,55-,56-/m0/s1. The van der Waals surface area contributed by atoms with Crippen molar-refractivity contribution in [3.63, 3.8) is 0 Å². The van der Waals surface area contributed by atoms with Crippen molar-refractivity contribution in [2.75, 3.05) is 59.0 Å². The number of aliphatic hydroxyl groups excluding tert-OH is 1. The Labute approximate surface area is 635 Å². The van der Waals surface area contributed by atoms with E-state index in [1.54, 1.807) is 38.1 Å². The molecular formula is C71H117ClN22O14. The molecule has 36 nitrogen and oxygen atoms in total. The predicted molar refractivity (Wildman–Crippen MR) is 404 cm³/mol. The molecule has 11 atom stereocenters. The first-order chi connectivity index (χ1) is 51.5. The molecule has 6 rings (SSSR count). The number of benzene rings is 1. The number of aliphatic hydroxyl groups is 1. The van der Waals surface area contributed by atoms with Crippen molar-refractivity contribution in [2.45, 2.75) is 247 Å². The lowest BCUT2D eigenvalue weighted by atomic mass is 9.84. The first-order valence-electron chi connectivity index (χ1n) is 38.1. The van der Waals surface area contributed by atoms with Crippen LogP contribution in [-0.4, -0.2) is 245 Å². The molecule has 108 heavy (non-hydrogen) atoms. The fourth-order valence-electron chi connectivity index (χ4n) is 14.6. The maximum absolute atomic E-state index is 14.8. The van der Waals surface area contributed by atoms with Crippen LogP contribution in [0.25, 0.3) is 0 Å². The van der Waals surface area contributed by atoms with Crippen molar-refractivity contribution in [3.8, 4) is 0 Å². The lowest BCUT2D eigenvalue weighted by molar-refractivity contribution is -0.145. The van der Waals surface area contributed by atoms with Crippen LogP contribution in [0.4, 0.5) is 0 Å². The minimum absolute atomic E-state index is 0.00180. The number of hydrogen-bond donors (Lipinski definition) is 18. The number of carboxylic acid groups (broad SMARTS) is 1. The number of halogens is 1. The topological polar surface area (TPSA) is 583 Å². The molecule has 602 valence electrons. The minimum Gasteiger partial charge on any atom is -0.480 e. The van der Waals surface area contributed by atoms with Crippen LogP contribution in [0.1, 0.15) is 174 Å². The van der Waals surface area contributed by atoms with Gasteiger partial charge in [-0.25, -0.2) is 4.79 Å². The highest BCUT2D eigenvalue weighted by molar-refractivity contribution is 6.30. The van der Waals surface area contributed by atoms with E-state index in [0.717, 1.165) is 64.2 Å². The molecule has 3 aliphatic heterocycles. The quantitative estimate of drug-likeness (QED) is 0.0175. The maximum atomic E-state index is 14.8. The third-order valence-corrected chi connectivity index (χ3v) is 20.5. The fraction of sp³-hybridized carbons (Fsp3) is 0.704. The number of aliphatic imine (C=N–C) groups is 3. The van der Waals surface area contributed by atoms with Crippen molar-refractivity contribution in [1.29, 1.82) is 0 Å². The molecule has 2 saturated carbocycles. The average Bonchev–Trinajstić information content (AvgIpc) is 1.63. The second kappa shape index (κ2) is 45.0. The van der Waals surface area contributed by atoms with Crippen LogP contribution < -0.4 is 88.0 Å². The molecule has 11 amide bonds. The van der Waals surface area contributed by atoms with E-state index in [9.17, 15) is 67.7 Å². The van der Waals surface area contributed by atoms with Crippen LogP contribution in [0.2, 0.25) is 5.02 Å². The summed E-state index contributed by atoms with van der Waals surface area (Å²) in [6, 6.07) is -7.18. The Hall–Kier alpha value is -9.16. The zero-order valence-corrected chi connectivity index (χ0v) is 63.1. The Balaban J connectivity index is 1.13. The molecule has 3 heterocycles. The smallest absolute Gasteiger partial charge is 0.326 e. The highest BCUT2D eigenvalue weighted by atomic mass is 35.5. The zero-order valence-electron chi connectivity index (χ0n) is 62.3. The first-order valence-corrected chi connectivity index (χ1v) is 38.5. The minimum atomic E-state index is -1.72. The number of nitrogens with zero attached hydrogens (tertiary/aromatic N) is 6. The van der Waals surface area contributed by atoms with Gasteiger partial charge in [-0.15, -0.1) is 0 Å². The van der Waals surface area contributed by atoms with E-state index in [4.69, 9.17) is 51.7 Å². The molecule has 0 bridgehead atoms. The normalized spacial score (nSPS) is 19.7. The molecule has 0 aromatic heterocycles. The Morgan fingerprint density at radius 3 is 1.46 bits per heavy atom. The van der Waals surface area contributed by atoms with E-state index in [0.29, 0.717) is 36.3 Å². The van der Waals surface area contributed by atoms with Gasteiger partial charge in [0.15, 0.2) is 17.9 Å². The summed E-state index contributed by atoms with van der Waals surface area (Å²) in [5.41, 5.74) is 40.1. The summed E-state index contributed by atoms with van der Waals surface area (Å²) in [6.07, 6.45) is 11.9. The molecule has 0 unspecified atom stereocenters. The molecule has 0 spiro atoms. The second-order valence-corrected chi connectivity index (χ2v) is 29.6. The zero-order chi connectivity index (χ0) is 79.0. The molecule has 5 aliphatic rings. The van der Waals surface area contributed by atoms with Gasteiger partial charge in [0.05, 0.1) is 19.2 Å². The van der Waals surface area contributed by atoms with Gasteiger partial charge in [0.1, 0.15) is 60.4 Å². The van der Waals surface area contributed by atoms with Crippen molar-refractivity contribution >= 4 is 100 Å². The number of rotatable bonds is 42. The van der Waals surface area contributed by atoms with Gasteiger partial charge in [0.25, 0.3) is 0 Å². The van der Waals surface area contributed by atoms with Gasteiger partial charge in [-0.1, -0.05) is 88.9 Å². The molecule has 3 saturated heterocycles. The summed E-state index contributed by atoms with van der Waals surface area (Å²) in [5.74, 6) is -9.95. The number of carbonyl (C=O) groups is 12. The molecule has 25 N–H and O–H groups in total. The molecule has 5 fully saturated rings. The van der Waals surface area contributed by atoms with E-state index in [1.165, 1.54) is 14.7 Å². The highest BCUT2D eigenvalue weighted by Gasteiger charge is 2.44. The SMILES string of the molecule is CC(C)C[C@H](NC(=O)[C@H](CCCN=C(N)N)NC(=O)[C@@H]1CCCN1C(=O)[C@@H](N)CCCN=C(N)N)C(=O)N[C@@H](CO)C(=O)N[C@@H](CNC1CCCCC1)C(=O)N[C@@H](CCCN=C(N)N)C(=O)NCC(=O)N1CCC[C@H]1C(=O)N[C@@H](CC1CCCCC1)C(=O)N1CCC[C@H]1C(=O)N[C@@H](Cc1ccc(Cl)cc1)C(=O)O. The molecule has 1 aromatic rings. The van der Waals surface area contributed by atoms with Gasteiger partial charge in [0.2, 0.25) is 65.0 Å². The van der Waals surface area contributed by atoms with E-state index < -0.39 is 151 Å². The van der Waals surface area contributed by atoms with Gasteiger partial charge in [0, 0.05) is 63.3 Å². The summed E-state index contributed by atoms with van der Waals surface area (Å²) in [7, 11) is 0. The van der Waals surface area contributed by atoms with Gasteiger partial charge < -0.3 is 113 Å². The molecule has 1 aromatic carbocycles. The van der Waals surface area contributed by atoms with Gasteiger partial charge >= 0.3 is 5.97 Å². The first kappa shape index (κ1) is 87.7. The number of nitrogens with one attached hydrogen (secondary N) is 9. The van der Waals surface area contributed by atoms with E-state index in [1.807, 2.05) is 0 Å². The van der Waals surface area contributed by atoms with E-state index >= 15 is 0 Å². The van der Waals surface area contributed by atoms with Crippen molar-refractivity contribution in [1.82, 2.24) is 62.6 Å². The average molecular weight is 1540 g/mol. The lowest BCUT2D eigenvalue weighted by Crippen LogP contribution is -2.62. The molecule has 0 radical (unpaired) electrons. The van der Waals surface area contributed by atoms with Crippen molar-refractivity contribution in [3.05, 3.63) is 34.9 Å². The number of carbonyl (C=O) groups excluding carboxylic acids is 11. The monoisotopic (exact) mass is 1540 g/mol. The summed E-state index contributed by atoms with van der Waals surface area (Å²) in [4.78, 5) is 186. The summed E-state index contributed by atoms with van der Waals surface area (Å²) in [5, 5.41) is 46.2. The van der Waals surface area contributed by atoms with Crippen LogP contribution in [0.5, 0.6) is 0 Å². The third-order valence-electron chi connectivity index (χ3n) is 20.3. The third kappa shape index (κ3) is 28.8. The summed E-state index contributed by atoms with van der Waals surface area (Å²) < 4.78 is 0. The number of aliphatic carboxylic acids is 1. The Morgan fingerprint density at radius 2 is 0.935 bits per heavy atom. The number of nitrogens with two attached hydrogens (primary N) is 7. The second-order valence-electron chi connectivity index (χ2n) is 29.2. The number of amides is 11. The summed E-state index contributed by atoms with van der Waals surface area (Å²) >= 11 is 6.05. The fourth-order valence-corrected chi connectivity index (χ4v) is 14.7. The van der Waals surface area contributed by atoms with E-state index in [-0.39, 0.29) is 152 Å². The van der Waals surface area contributed by atoms with Gasteiger partial charge in [-0.2, -0.15) is 0 Å². The van der Waals surface area contributed by atoms with Crippen LogP contribution >= 0.6 is 11.6 Å². The van der Waals surface area contributed by atoms with Crippen molar-refractivity contribution < 1.29 is 67.7 Å². The molecular weight excluding hydrogens is 1420 g/mol. The number of guanidine groups is 3. The molecule has 37 heteroatoms. The van der Waals surface area contributed by atoms with E-state index in [2.05, 4.69) is 62.8 Å². The summed E-state index contributed by atoms with van der Waals surface area (Å²) in [6.45, 7) is 2.61. The largest absolute Gasteiger partial charge is 0.480 e. The highest BCUT2D eigenvalue weighted by Crippen LogP contribution is 2.30. The van der Waals surface area contributed by atoms with Crippen molar-refractivity contribution in [2.24, 2.45) is 66.9 Å². The number of hydrogen-bond acceptors (Lipinski definition) is 18. The maximum Gasteiger partial charge on any atom is 0.326 e. The van der Waals surface area contributed by atoms with Crippen LogP contribution in [0.15, 0.2) is 39.2 Å². The number of likely N-dealkylation sites (tertiary alicyclic amines) is 3. The Kier molecular flexibility index (Phi) is 36.5. The number of carboxylic acids is 1. The molecule has 2 aliphatic carbocycles. The Bertz CT molecular complexity index is 3290. The van der Waals surface area contributed by atoms with Crippen LogP contribution in [-0.2, 0) is 64.0 Å². The predicted octanol–water partition coefficient (Wildman–Crippen LogP) is -3.13. The Morgan fingerprint density at radius 1 is 0.500 bits per heavy atom.